The summed E-state index contributed by atoms with van der Waals surface area (Å²) >= 11 is 0. The Balaban J connectivity index is 2.14. The molecule has 2 rings (SSSR count). The van der Waals surface area contributed by atoms with Gasteiger partial charge in [-0.25, -0.2) is 0 Å². The minimum atomic E-state index is -0.832. The highest BCUT2D eigenvalue weighted by molar-refractivity contribution is 5.68. The third kappa shape index (κ3) is 2.75. The van der Waals surface area contributed by atoms with E-state index in [-0.39, 0.29) is 18.4 Å². The Hall–Kier alpha value is -1.29. The molecule has 1 aromatic heterocycles. The fourth-order valence-corrected chi connectivity index (χ4v) is 2.42. The lowest BCUT2D eigenvalue weighted by Gasteiger charge is -2.18. The zero-order valence-corrected chi connectivity index (χ0v) is 10.9. The van der Waals surface area contributed by atoms with Crippen LogP contribution in [0.15, 0.2) is 16.5 Å². The maximum Gasteiger partial charge on any atom is 0.304 e. The van der Waals surface area contributed by atoms with Crippen LogP contribution >= 0.6 is 0 Å². The number of furan rings is 1. The first-order chi connectivity index (χ1) is 8.52. The zero-order chi connectivity index (χ0) is 13.3. The molecule has 1 fully saturated rings. The molecule has 0 bridgehead atoms. The summed E-state index contributed by atoms with van der Waals surface area (Å²) in [4.78, 5) is 10.9. The fraction of sp³-hybridized carbons (Fsp3) is 0.643. The topological polar surface area (TPSA) is 76.5 Å². The van der Waals surface area contributed by atoms with Crippen molar-refractivity contribution in [2.75, 3.05) is 0 Å². The minimum Gasteiger partial charge on any atom is -0.481 e. The van der Waals surface area contributed by atoms with Gasteiger partial charge in [0, 0.05) is 17.9 Å². The van der Waals surface area contributed by atoms with Gasteiger partial charge in [-0.15, -0.1) is 0 Å². The summed E-state index contributed by atoms with van der Waals surface area (Å²) in [5.74, 6) is 1.85. The van der Waals surface area contributed by atoms with Crippen molar-refractivity contribution in [2.24, 2.45) is 11.7 Å². The van der Waals surface area contributed by atoms with Crippen LogP contribution in [0.5, 0.6) is 0 Å². The first kappa shape index (κ1) is 13.1. The van der Waals surface area contributed by atoms with Crippen LogP contribution in [0.2, 0.25) is 0 Å². The number of hydrogen-bond donors (Lipinski definition) is 2. The molecule has 18 heavy (non-hydrogen) atoms. The molecule has 1 aromatic rings. The number of rotatable bonds is 6. The van der Waals surface area contributed by atoms with E-state index in [1.54, 1.807) is 0 Å². The smallest absolute Gasteiger partial charge is 0.304 e. The van der Waals surface area contributed by atoms with Gasteiger partial charge in [-0.2, -0.15) is 0 Å². The molecule has 100 valence electrons. The van der Waals surface area contributed by atoms with Crippen LogP contribution in [-0.4, -0.2) is 17.1 Å². The van der Waals surface area contributed by atoms with Crippen molar-refractivity contribution in [3.05, 3.63) is 23.7 Å². The van der Waals surface area contributed by atoms with Crippen LogP contribution in [-0.2, 0) is 4.79 Å². The molecule has 4 unspecified atom stereocenters. The second-order valence-corrected chi connectivity index (χ2v) is 5.34. The Kier molecular flexibility index (Phi) is 3.76. The van der Waals surface area contributed by atoms with Gasteiger partial charge in [-0.05, 0) is 30.9 Å². The predicted octanol–water partition coefficient (Wildman–Crippen LogP) is 2.70. The number of nitrogens with two attached hydrogens (primary N) is 1. The molecule has 0 amide bonds. The van der Waals surface area contributed by atoms with Gasteiger partial charge in [0.05, 0.1) is 6.42 Å². The van der Waals surface area contributed by atoms with E-state index in [9.17, 15) is 4.79 Å². The third-order valence-electron chi connectivity index (χ3n) is 3.87. The molecule has 0 aromatic carbocycles. The van der Waals surface area contributed by atoms with Crippen molar-refractivity contribution < 1.29 is 14.3 Å². The predicted molar refractivity (Wildman–Crippen MR) is 68.5 cm³/mol. The highest BCUT2D eigenvalue weighted by Crippen LogP contribution is 2.48. The van der Waals surface area contributed by atoms with Gasteiger partial charge in [-0.3, -0.25) is 4.79 Å². The lowest BCUT2D eigenvalue weighted by molar-refractivity contribution is -0.137. The molecule has 1 saturated carbocycles. The first-order valence-corrected chi connectivity index (χ1v) is 6.60. The van der Waals surface area contributed by atoms with Gasteiger partial charge in [0.15, 0.2) is 0 Å². The molecule has 0 spiro atoms. The third-order valence-corrected chi connectivity index (χ3v) is 3.87. The van der Waals surface area contributed by atoms with Crippen molar-refractivity contribution in [1.29, 1.82) is 0 Å². The quantitative estimate of drug-likeness (QED) is 0.815. The van der Waals surface area contributed by atoms with Crippen LogP contribution in [0.4, 0.5) is 0 Å². The van der Waals surface area contributed by atoms with Crippen molar-refractivity contribution in [3.8, 4) is 0 Å². The van der Waals surface area contributed by atoms with Gasteiger partial charge in [0.2, 0.25) is 0 Å². The van der Waals surface area contributed by atoms with Crippen LogP contribution in [0.1, 0.15) is 56.5 Å². The van der Waals surface area contributed by atoms with Crippen LogP contribution in [0, 0.1) is 5.92 Å². The lowest BCUT2D eigenvalue weighted by Crippen LogP contribution is -2.29. The monoisotopic (exact) mass is 251 g/mol. The van der Waals surface area contributed by atoms with E-state index < -0.39 is 5.97 Å². The van der Waals surface area contributed by atoms with Crippen LogP contribution in [0.3, 0.4) is 0 Å². The number of carboxylic acid groups (broad SMARTS) is 1. The molecule has 4 heteroatoms. The van der Waals surface area contributed by atoms with E-state index in [2.05, 4.69) is 6.92 Å². The van der Waals surface area contributed by atoms with Gasteiger partial charge < -0.3 is 15.3 Å². The highest BCUT2D eigenvalue weighted by Gasteiger charge is 2.37. The van der Waals surface area contributed by atoms with Gasteiger partial charge in [0.25, 0.3) is 0 Å². The van der Waals surface area contributed by atoms with E-state index in [0.717, 1.165) is 24.4 Å². The van der Waals surface area contributed by atoms with E-state index in [1.807, 2.05) is 19.1 Å². The Morgan fingerprint density at radius 3 is 2.78 bits per heavy atom. The summed E-state index contributed by atoms with van der Waals surface area (Å²) < 4.78 is 5.82. The molecule has 0 aliphatic heterocycles. The average molecular weight is 251 g/mol. The first-order valence-electron chi connectivity index (χ1n) is 6.60. The van der Waals surface area contributed by atoms with Crippen LogP contribution in [0.25, 0.3) is 0 Å². The maximum absolute atomic E-state index is 10.9. The number of carbonyl (C=O) groups is 1. The Morgan fingerprint density at radius 2 is 2.28 bits per heavy atom. The van der Waals surface area contributed by atoms with Crippen molar-refractivity contribution in [3.63, 3.8) is 0 Å². The van der Waals surface area contributed by atoms with E-state index in [0.29, 0.717) is 11.8 Å². The van der Waals surface area contributed by atoms with Crippen LogP contribution < -0.4 is 5.73 Å². The Morgan fingerprint density at radius 1 is 1.61 bits per heavy atom. The Labute approximate surface area is 107 Å². The summed E-state index contributed by atoms with van der Waals surface area (Å²) in [5.41, 5.74) is 6.00. The zero-order valence-electron chi connectivity index (χ0n) is 10.9. The summed E-state index contributed by atoms with van der Waals surface area (Å²) in [7, 11) is 0. The van der Waals surface area contributed by atoms with Crippen molar-refractivity contribution in [2.45, 2.75) is 51.0 Å². The maximum atomic E-state index is 10.9. The van der Waals surface area contributed by atoms with Crippen molar-refractivity contribution >= 4 is 5.97 Å². The SMILES string of the molecule is CCC(N)C(CC(=O)O)c1ccc(C2CC2C)o1. The van der Waals surface area contributed by atoms with Gasteiger partial charge >= 0.3 is 5.97 Å². The highest BCUT2D eigenvalue weighted by atomic mass is 16.4. The fourth-order valence-electron chi connectivity index (χ4n) is 2.42. The van der Waals surface area contributed by atoms with E-state index in [4.69, 9.17) is 15.3 Å². The normalized spacial score (nSPS) is 25.7. The number of carboxylic acids is 1. The molecule has 4 atom stereocenters. The largest absolute Gasteiger partial charge is 0.481 e. The second-order valence-electron chi connectivity index (χ2n) is 5.34. The summed E-state index contributed by atoms with van der Waals surface area (Å²) in [6.45, 7) is 4.16. The lowest BCUT2D eigenvalue weighted by atomic mass is 9.92. The summed E-state index contributed by atoms with van der Waals surface area (Å²) in [6.07, 6.45) is 1.94. The minimum absolute atomic E-state index is 0.0299. The molecule has 3 N–H and O–H groups in total. The number of aliphatic carboxylic acids is 1. The Bertz CT molecular complexity index is 426. The van der Waals surface area contributed by atoms with E-state index in [1.165, 1.54) is 0 Å². The molecule has 1 aliphatic carbocycles. The summed E-state index contributed by atoms with van der Waals surface area (Å²) in [6, 6.07) is 3.70. The molecule has 0 saturated heterocycles. The molecule has 1 aliphatic rings. The molecule has 4 nitrogen and oxygen atoms in total. The standard InChI is InChI=1S/C14H21NO3/c1-3-11(15)10(7-14(16)17)13-5-4-12(18-13)9-6-8(9)2/h4-5,8-11H,3,6-7,15H2,1-2H3,(H,16,17). The molecule has 1 heterocycles. The molecule has 0 radical (unpaired) electrons. The molecular formula is C14H21NO3. The number of hydrogen-bond acceptors (Lipinski definition) is 3. The molecular weight excluding hydrogens is 230 g/mol. The van der Waals surface area contributed by atoms with E-state index >= 15 is 0 Å². The summed E-state index contributed by atoms with van der Waals surface area (Å²) in [5, 5.41) is 8.96. The van der Waals surface area contributed by atoms with Crippen molar-refractivity contribution in [1.82, 2.24) is 0 Å². The van der Waals surface area contributed by atoms with Gasteiger partial charge in [-0.1, -0.05) is 13.8 Å². The van der Waals surface area contributed by atoms with Gasteiger partial charge in [0.1, 0.15) is 11.5 Å². The second kappa shape index (κ2) is 5.14. The average Bonchev–Trinajstić information content (AvgIpc) is 2.88.